The highest BCUT2D eigenvalue weighted by molar-refractivity contribution is 7.91. The van der Waals surface area contributed by atoms with Crippen LogP contribution in [0.25, 0.3) is 11.1 Å². The minimum absolute atomic E-state index is 0.00889. The molecule has 0 radical (unpaired) electrons. The van der Waals surface area contributed by atoms with Gasteiger partial charge in [-0.05, 0) is 53.3 Å². The molecule has 2 aliphatic heterocycles. The summed E-state index contributed by atoms with van der Waals surface area (Å²) in [5, 5.41) is 0. The smallest absolute Gasteiger partial charge is 0.275 e. The van der Waals surface area contributed by atoms with Gasteiger partial charge in [-0.25, -0.2) is 8.42 Å². The van der Waals surface area contributed by atoms with Crippen molar-refractivity contribution in [2.75, 3.05) is 17.8 Å². The molecule has 1 saturated heterocycles. The quantitative estimate of drug-likeness (QED) is 0.384. The second kappa shape index (κ2) is 10.2. The third kappa shape index (κ3) is 5.25. The number of likely N-dealkylation sites (tertiary alicyclic amines) is 1. The molecule has 4 aromatic rings. The number of piperidine rings is 1. The number of rotatable bonds is 6. The lowest BCUT2D eigenvalue weighted by Gasteiger charge is -2.43. The van der Waals surface area contributed by atoms with Crippen LogP contribution in [0, 0.1) is 5.92 Å². The molecule has 1 fully saturated rings. The van der Waals surface area contributed by atoms with Crippen LogP contribution in [0.4, 0.5) is 5.69 Å². The minimum Gasteiger partial charge on any atom is -0.338 e. The molecule has 7 nitrogen and oxygen atoms in total. The van der Waals surface area contributed by atoms with Crippen molar-refractivity contribution < 1.29 is 13.2 Å². The predicted molar refractivity (Wildman–Crippen MR) is 152 cm³/mol. The summed E-state index contributed by atoms with van der Waals surface area (Å²) >= 11 is 0. The molecule has 8 heteroatoms. The van der Waals surface area contributed by atoms with E-state index in [-0.39, 0.29) is 34.7 Å². The number of hydrogen-bond acceptors (Lipinski definition) is 4. The number of pyridine rings is 1. The molecule has 1 N–H and O–H groups in total. The summed E-state index contributed by atoms with van der Waals surface area (Å²) in [5.41, 5.74) is 4.03. The zero-order chi connectivity index (χ0) is 27.0. The van der Waals surface area contributed by atoms with Crippen molar-refractivity contribution >= 4 is 21.6 Å². The number of carbonyl (C=O) groups is 1. The maximum atomic E-state index is 13.4. The summed E-state index contributed by atoms with van der Waals surface area (Å²) in [4.78, 5) is 28.6. The highest BCUT2D eigenvalue weighted by Crippen LogP contribution is 2.36. The van der Waals surface area contributed by atoms with Crippen molar-refractivity contribution in [2.24, 2.45) is 5.92 Å². The second-order valence-electron chi connectivity index (χ2n) is 10.4. The van der Waals surface area contributed by atoms with Crippen molar-refractivity contribution in [3.63, 3.8) is 0 Å². The number of carbonyl (C=O) groups excluding carboxylic acids is 1. The van der Waals surface area contributed by atoms with Gasteiger partial charge in [-0.15, -0.1) is 0 Å². The standard InChI is InChI=1S/C31H29N3O4S/c35-30(26-13-11-25(12-14-26)24-9-5-2-6-10-24)33-18-23-17-27(20-33)29-16-15-28(31(36)34(29)19-23)32-39(37,38)21-22-7-3-1-4-8-22/h1-16,23,27,32H,17-21H2. The van der Waals surface area contributed by atoms with Crippen LogP contribution in [0.5, 0.6) is 0 Å². The first-order valence-electron chi connectivity index (χ1n) is 13.1. The van der Waals surface area contributed by atoms with Gasteiger partial charge < -0.3 is 9.47 Å². The second-order valence-corrected chi connectivity index (χ2v) is 12.1. The van der Waals surface area contributed by atoms with E-state index in [1.165, 1.54) is 0 Å². The first-order chi connectivity index (χ1) is 18.9. The number of nitrogens with one attached hydrogen (secondary N) is 1. The van der Waals surface area contributed by atoms with Crippen LogP contribution in [0.2, 0.25) is 0 Å². The summed E-state index contributed by atoms with van der Waals surface area (Å²) in [6, 6.07) is 30.0. The molecule has 198 valence electrons. The van der Waals surface area contributed by atoms with Gasteiger partial charge in [0.15, 0.2) is 0 Å². The van der Waals surface area contributed by atoms with E-state index in [4.69, 9.17) is 0 Å². The average Bonchev–Trinajstić information content (AvgIpc) is 2.95. The zero-order valence-corrected chi connectivity index (χ0v) is 22.2. The predicted octanol–water partition coefficient (Wildman–Crippen LogP) is 4.72. The van der Waals surface area contributed by atoms with Gasteiger partial charge in [0, 0.05) is 36.8 Å². The molecule has 1 aromatic heterocycles. The lowest BCUT2D eigenvalue weighted by atomic mass is 9.83. The van der Waals surface area contributed by atoms with Gasteiger partial charge in [-0.3, -0.25) is 14.3 Å². The Morgan fingerprint density at radius 3 is 2.18 bits per heavy atom. The van der Waals surface area contributed by atoms with Gasteiger partial charge in [0.05, 0.1) is 5.75 Å². The molecule has 2 aliphatic rings. The van der Waals surface area contributed by atoms with Crippen molar-refractivity contribution in [3.05, 3.63) is 124 Å². The van der Waals surface area contributed by atoms with Gasteiger partial charge in [0.25, 0.3) is 11.5 Å². The minimum atomic E-state index is -3.74. The fourth-order valence-electron chi connectivity index (χ4n) is 5.81. The molecule has 3 heterocycles. The summed E-state index contributed by atoms with van der Waals surface area (Å²) in [6.07, 6.45) is 0.898. The van der Waals surface area contributed by atoms with E-state index in [0.717, 1.165) is 23.2 Å². The van der Waals surface area contributed by atoms with Gasteiger partial charge >= 0.3 is 0 Å². The van der Waals surface area contributed by atoms with Crippen molar-refractivity contribution in [2.45, 2.75) is 24.6 Å². The SMILES string of the molecule is O=C(c1ccc(-c2ccccc2)cc1)N1CC2CC(C1)c1ccc(NS(=O)(=O)Cc3ccccc3)c(=O)n1C2. The Balaban J connectivity index is 1.18. The number of hydrogen-bond donors (Lipinski definition) is 1. The van der Waals surface area contributed by atoms with E-state index in [2.05, 4.69) is 4.72 Å². The van der Waals surface area contributed by atoms with Crippen LogP contribution in [0.15, 0.2) is 102 Å². The third-order valence-corrected chi connectivity index (χ3v) is 8.84. The van der Waals surface area contributed by atoms with Crippen LogP contribution >= 0.6 is 0 Å². The fourth-order valence-corrected chi connectivity index (χ4v) is 7.00. The topological polar surface area (TPSA) is 88.5 Å². The fraction of sp³-hybridized carbons (Fsp3) is 0.226. The molecule has 1 amide bonds. The maximum Gasteiger partial charge on any atom is 0.275 e. The molecule has 0 saturated carbocycles. The van der Waals surface area contributed by atoms with E-state index in [9.17, 15) is 18.0 Å². The molecule has 2 bridgehead atoms. The zero-order valence-electron chi connectivity index (χ0n) is 21.4. The van der Waals surface area contributed by atoms with E-state index in [0.29, 0.717) is 30.8 Å². The van der Waals surface area contributed by atoms with Crippen LogP contribution < -0.4 is 10.3 Å². The van der Waals surface area contributed by atoms with Gasteiger partial charge in [-0.1, -0.05) is 72.8 Å². The van der Waals surface area contributed by atoms with Gasteiger partial charge in [0.2, 0.25) is 10.0 Å². The first kappa shape index (κ1) is 25.1. The number of sulfonamides is 1. The molecule has 0 aliphatic carbocycles. The number of amides is 1. The van der Waals surface area contributed by atoms with Crippen LogP contribution in [-0.4, -0.2) is 36.9 Å². The molecule has 2 atom stereocenters. The Labute approximate surface area is 227 Å². The average molecular weight is 540 g/mol. The van der Waals surface area contributed by atoms with Gasteiger partial charge in [0.1, 0.15) is 5.69 Å². The van der Waals surface area contributed by atoms with E-state index < -0.39 is 10.0 Å². The Morgan fingerprint density at radius 2 is 1.46 bits per heavy atom. The lowest BCUT2D eigenvalue weighted by molar-refractivity contribution is 0.0594. The molecular weight excluding hydrogens is 510 g/mol. The number of benzene rings is 3. The monoisotopic (exact) mass is 539 g/mol. The summed E-state index contributed by atoms with van der Waals surface area (Å²) in [5.74, 6) is -0.0697. The number of anilines is 1. The summed E-state index contributed by atoms with van der Waals surface area (Å²) in [6.45, 7) is 1.54. The molecule has 6 rings (SSSR count). The highest BCUT2D eigenvalue weighted by Gasteiger charge is 2.37. The van der Waals surface area contributed by atoms with Crippen LogP contribution in [0.3, 0.4) is 0 Å². The van der Waals surface area contributed by atoms with Crippen molar-refractivity contribution in [1.82, 2.24) is 9.47 Å². The normalized spacial score (nSPS) is 18.3. The molecular formula is C31H29N3O4S. The number of fused-ring (bicyclic) bond motifs is 4. The molecule has 3 aromatic carbocycles. The first-order valence-corrected chi connectivity index (χ1v) is 14.7. The van der Waals surface area contributed by atoms with Crippen molar-refractivity contribution in [1.29, 1.82) is 0 Å². The number of aromatic nitrogens is 1. The molecule has 39 heavy (non-hydrogen) atoms. The van der Waals surface area contributed by atoms with Crippen molar-refractivity contribution in [3.8, 4) is 11.1 Å². The largest absolute Gasteiger partial charge is 0.338 e. The lowest BCUT2D eigenvalue weighted by Crippen LogP contribution is -2.49. The van der Waals surface area contributed by atoms with E-state index in [1.807, 2.05) is 71.6 Å². The Bertz CT molecular complexity index is 1670. The maximum absolute atomic E-state index is 13.4. The third-order valence-electron chi connectivity index (χ3n) is 7.60. The molecule has 0 spiro atoms. The van der Waals surface area contributed by atoms with Crippen LogP contribution in [0.1, 0.15) is 34.0 Å². The Hall–Kier alpha value is -4.17. The summed E-state index contributed by atoms with van der Waals surface area (Å²) in [7, 11) is -3.74. The molecule has 2 unspecified atom stereocenters. The number of nitrogens with zero attached hydrogens (tertiary/aromatic N) is 2. The van der Waals surface area contributed by atoms with Gasteiger partial charge in [-0.2, -0.15) is 0 Å². The highest BCUT2D eigenvalue weighted by atomic mass is 32.2. The van der Waals surface area contributed by atoms with E-state index in [1.54, 1.807) is 34.9 Å². The van der Waals surface area contributed by atoms with Crippen LogP contribution in [-0.2, 0) is 22.3 Å². The Morgan fingerprint density at radius 1 is 0.795 bits per heavy atom. The Kier molecular flexibility index (Phi) is 6.56. The summed E-state index contributed by atoms with van der Waals surface area (Å²) < 4.78 is 29.7. The van der Waals surface area contributed by atoms with E-state index >= 15 is 0 Å².